The fourth-order valence-electron chi connectivity index (χ4n) is 2.41. The van der Waals surface area contributed by atoms with Crippen LogP contribution < -0.4 is 9.47 Å². The third kappa shape index (κ3) is 2.84. The molecule has 1 atom stereocenters. The largest absolute Gasteiger partial charge is 0.493 e. The maximum absolute atomic E-state index is 9.67. The molecule has 0 fully saturated rings. The average molecular weight is 260 g/mol. The molecule has 1 aromatic carbocycles. The zero-order valence-electron chi connectivity index (χ0n) is 12.2. The van der Waals surface area contributed by atoms with Crippen LogP contribution in [0.5, 0.6) is 11.5 Å². The van der Waals surface area contributed by atoms with Crippen LogP contribution in [0.4, 0.5) is 0 Å². The van der Waals surface area contributed by atoms with E-state index in [0.29, 0.717) is 11.5 Å². The average Bonchev–Trinajstić information content (AvgIpc) is 2.43. The van der Waals surface area contributed by atoms with Crippen molar-refractivity contribution >= 4 is 0 Å². The Balaban J connectivity index is 3.35. The first-order valence-corrected chi connectivity index (χ1v) is 6.48. The molecule has 0 spiro atoms. The van der Waals surface area contributed by atoms with Gasteiger partial charge in [0.15, 0.2) is 11.5 Å². The Bertz CT molecular complexity index is 462. The second-order valence-electron chi connectivity index (χ2n) is 4.91. The highest BCUT2D eigenvalue weighted by atomic mass is 16.5. The van der Waals surface area contributed by atoms with Crippen LogP contribution in [-0.2, 0) is 5.41 Å². The Morgan fingerprint density at radius 2 is 1.89 bits per heavy atom. The van der Waals surface area contributed by atoms with Crippen molar-refractivity contribution in [1.82, 2.24) is 0 Å². The van der Waals surface area contributed by atoms with E-state index < -0.39 is 5.41 Å². The van der Waals surface area contributed by atoms with Crippen molar-refractivity contribution in [3.05, 3.63) is 30.7 Å². The summed E-state index contributed by atoms with van der Waals surface area (Å²) < 4.78 is 10.6. The number of nitriles is 1. The van der Waals surface area contributed by atoms with Crippen LogP contribution in [-0.4, -0.2) is 14.2 Å². The summed E-state index contributed by atoms with van der Waals surface area (Å²) in [7, 11) is 3.21. The molecule has 19 heavy (non-hydrogen) atoms. The van der Waals surface area contributed by atoms with Gasteiger partial charge in [-0.15, -0.1) is 0 Å². The van der Waals surface area contributed by atoms with Gasteiger partial charge in [0.2, 0.25) is 0 Å². The minimum absolute atomic E-state index is 0.206. The molecule has 3 nitrogen and oxygen atoms in total. The van der Waals surface area contributed by atoms with Crippen LogP contribution in [0.2, 0.25) is 0 Å². The van der Waals surface area contributed by atoms with Gasteiger partial charge in [-0.05, 0) is 30.0 Å². The molecule has 0 saturated carbocycles. The lowest BCUT2D eigenvalue weighted by atomic mass is 9.70. The topological polar surface area (TPSA) is 42.2 Å². The summed E-state index contributed by atoms with van der Waals surface area (Å²) in [4.78, 5) is 0. The molecule has 0 saturated heterocycles. The van der Waals surface area contributed by atoms with Gasteiger partial charge in [0, 0.05) is 0 Å². The van der Waals surface area contributed by atoms with Gasteiger partial charge in [-0.1, -0.05) is 33.3 Å². The summed E-state index contributed by atoms with van der Waals surface area (Å²) in [5, 5.41) is 9.67. The lowest BCUT2D eigenvalue weighted by Gasteiger charge is -2.31. The van der Waals surface area contributed by atoms with Gasteiger partial charge < -0.3 is 9.47 Å². The first-order chi connectivity index (χ1) is 9.05. The molecule has 0 bridgehead atoms. The third-order valence-corrected chi connectivity index (χ3v) is 3.65. The lowest BCUT2D eigenvalue weighted by Crippen LogP contribution is -2.30. The monoisotopic (exact) mass is 260 g/mol. The van der Waals surface area contributed by atoms with Gasteiger partial charge in [-0.2, -0.15) is 5.26 Å². The van der Waals surface area contributed by atoms with Gasteiger partial charge in [-0.3, -0.25) is 0 Å². The molecule has 0 aromatic heterocycles. The molecule has 103 valence electrons. The Hall–Kier alpha value is -1.69. The molecule has 0 N–H and O–H groups in total. The zero-order valence-corrected chi connectivity index (χ0v) is 12.2. The molecule has 1 rings (SSSR count). The molecule has 0 heterocycles. The number of benzene rings is 1. The first kappa shape index (κ1) is 15.4. The number of hydrogen-bond donors (Lipinski definition) is 0. The highest BCUT2D eigenvalue weighted by Crippen LogP contribution is 2.40. The molecule has 1 aromatic rings. The Kier molecular flexibility index (Phi) is 5.23. The van der Waals surface area contributed by atoms with E-state index in [-0.39, 0.29) is 5.92 Å². The minimum atomic E-state index is -0.526. The summed E-state index contributed by atoms with van der Waals surface area (Å²) in [5.74, 6) is 1.54. The third-order valence-electron chi connectivity index (χ3n) is 3.65. The van der Waals surface area contributed by atoms with Crippen molar-refractivity contribution in [1.29, 1.82) is 5.26 Å². The molecule has 0 amide bonds. The quantitative estimate of drug-likeness (QED) is 0.782. The van der Waals surface area contributed by atoms with E-state index in [1.54, 1.807) is 14.2 Å². The highest BCUT2D eigenvalue weighted by molar-refractivity contribution is 5.47. The van der Waals surface area contributed by atoms with Crippen molar-refractivity contribution in [2.45, 2.75) is 32.1 Å². The van der Waals surface area contributed by atoms with E-state index in [9.17, 15) is 5.26 Å². The number of nitrogens with zero attached hydrogens (tertiary/aromatic N) is 1. The maximum atomic E-state index is 9.67. The standard InChI is InChI=1S/C16H22NO2/c1-6-9-16(11-17,12(2)3)13-7-8-14(18-4)15(10-13)19-5/h7-8,10,12H,1,6,9H2,2-5H3. The van der Waals surface area contributed by atoms with Crippen molar-refractivity contribution in [2.24, 2.45) is 5.92 Å². The molecule has 1 radical (unpaired) electrons. The summed E-state index contributed by atoms with van der Waals surface area (Å²) in [5.41, 5.74) is 0.438. The van der Waals surface area contributed by atoms with Crippen molar-refractivity contribution < 1.29 is 9.47 Å². The fraction of sp³-hybridized carbons (Fsp3) is 0.500. The molecular weight excluding hydrogens is 238 g/mol. The minimum Gasteiger partial charge on any atom is -0.493 e. The summed E-state index contributed by atoms with van der Waals surface area (Å²) in [6, 6.07) is 8.18. The van der Waals surface area contributed by atoms with Gasteiger partial charge in [0.25, 0.3) is 0 Å². The molecule has 1 unspecified atom stereocenters. The van der Waals surface area contributed by atoms with Crippen LogP contribution in [0, 0.1) is 24.2 Å². The SMILES string of the molecule is [CH2]CCC(C#N)(c1ccc(OC)c(OC)c1)C(C)C. The van der Waals surface area contributed by atoms with Gasteiger partial charge in [-0.25, -0.2) is 0 Å². The maximum Gasteiger partial charge on any atom is 0.161 e. The molecule has 0 aliphatic heterocycles. The van der Waals surface area contributed by atoms with Gasteiger partial charge in [0.1, 0.15) is 0 Å². The van der Waals surface area contributed by atoms with Crippen molar-refractivity contribution in [3.8, 4) is 17.6 Å². The summed E-state index contributed by atoms with van der Waals surface area (Å²) >= 11 is 0. The Morgan fingerprint density at radius 1 is 1.26 bits per heavy atom. The van der Waals surface area contributed by atoms with E-state index in [0.717, 1.165) is 18.4 Å². The Labute approximate surface area is 116 Å². The molecule has 0 aliphatic rings. The van der Waals surface area contributed by atoms with Crippen molar-refractivity contribution in [3.63, 3.8) is 0 Å². The van der Waals surface area contributed by atoms with Crippen molar-refractivity contribution in [2.75, 3.05) is 14.2 Å². The Morgan fingerprint density at radius 3 is 2.32 bits per heavy atom. The van der Waals surface area contributed by atoms with E-state index in [1.807, 2.05) is 18.2 Å². The number of rotatable bonds is 6. The normalized spacial score (nSPS) is 13.7. The van der Waals surface area contributed by atoms with Crippen LogP contribution in [0.1, 0.15) is 32.3 Å². The first-order valence-electron chi connectivity index (χ1n) is 6.48. The predicted molar refractivity (Wildman–Crippen MR) is 76.3 cm³/mol. The second-order valence-corrected chi connectivity index (χ2v) is 4.91. The number of ether oxygens (including phenoxy) is 2. The van der Waals surface area contributed by atoms with Gasteiger partial charge >= 0.3 is 0 Å². The van der Waals surface area contributed by atoms with Crippen LogP contribution in [0.25, 0.3) is 0 Å². The van der Waals surface area contributed by atoms with Crippen LogP contribution >= 0.6 is 0 Å². The smallest absolute Gasteiger partial charge is 0.161 e. The van der Waals surface area contributed by atoms with E-state index in [1.165, 1.54) is 0 Å². The molecule has 3 heteroatoms. The predicted octanol–water partition coefficient (Wildman–Crippen LogP) is 3.74. The summed E-state index contributed by atoms with van der Waals surface area (Å²) in [6.07, 6.45) is 1.46. The fourth-order valence-corrected chi connectivity index (χ4v) is 2.41. The van der Waals surface area contributed by atoms with Crippen LogP contribution in [0.3, 0.4) is 0 Å². The van der Waals surface area contributed by atoms with E-state index in [2.05, 4.69) is 26.8 Å². The van der Waals surface area contributed by atoms with E-state index in [4.69, 9.17) is 9.47 Å². The summed E-state index contributed by atoms with van der Waals surface area (Å²) in [6.45, 7) is 8.03. The highest BCUT2D eigenvalue weighted by Gasteiger charge is 2.35. The molecule has 0 aliphatic carbocycles. The van der Waals surface area contributed by atoms with Crippen LogP contribution in [0.15, 0.2) is 18.2 Å². The van der Waals surface area contributed by atoms with E-state index >= 15 is 0 Å². The lowest BCUT2D eigenvalue weighted by molar-refractivity contribution is 0.345. The number of hydrogen-bond acceptors (Lipinski definition) is 3. The van der Waals surface area contributed by atoms with Gasteiger partial charge in [0.05, 0.1) is 25.7 Å². The second kappa shape index (κ2) is 6.47. The number of methoxy groups -OCH3 is 2. The zero-order chi connectivity index (χ0) is 14.5. The molecular formula is C16H22NO2.